The van der Waals surface area contributed by atoms with E-state index in [4.69, 9.17) is 5.11 Å². The number of carbonyl (C=O) groups is 1. The maximum absolute atomic E-state index is 12.7. The lowest BCUT2D eigenvalue weighted by molar-refractivity contribution is -0.121. The van der Waals surface area contributed by atoms with E-state index in [9.17, 15) is 13.2 Å². The van der Waals surface area contributed by atoms with E-state index in [1.54, 1.807) is 25.1 Å². The summed E-state index contributed by atoms with van der Waals surface area (Å²) in [5.74, 6) is 0.563. The minimum absolute atomic E-state index is 0.105. The molecule has 0 unspecified atom stereocenters. The zero-order valence-corrected chi connectivity index (χ0v) is 16.5. The molecule has 0 radical (unpaired) electrons. The highest BCUT2D eigenvalue weighted by Gasteiger charge is 2.27. The maximum Gasteiger partial charge on any atom is 0.243 e. The van der Waals surface area contributed by atoms with Crippen LogP contribution in [0.4, 0.5) is 0 Å². The number of rotatable bonds is 7. The molecule has 2 N–H and O–H groups in total. The molecule has 2 aromatic rings. The van der Waals surface area contributed by atoms with Crippen molar-refractivity contribution in [1.82, 2.24) is 19.2 Å². The van der Waals surface area contributed by atoms with Crippen molar-refractivity contribution in [2.24, 2.45) is 7.05 Å². The van der Waals surface area contributed by atoms with Crippen LogP contribution in [0, 0.1) is 0 Å². The average Bonchev–Trinajstić information content (AvgIpc) is 3.28. The standard InChI is InChI=1S/C18H26N4O4S/c1-13(12-23)19-18(24)8-7-17-20-15-11-14(5-6-16(15)21(17)2)27(25,26)22-9-3-4-10-22/h5-6,11,13,23H,3-4,7-10,12H2,1-2H3,(H,19,24)/t13-/m0/s1. The first-order chi connectivity index (χ1) is 12.8. The third-order valence-corrected chi connectivity index (χ3v) is 6.80. The number of hydrogen-bond donors (Lipinski definition) is 2. The predicted octanol–water partition coefficient (Wildman–Crippen LogP) is 0.787. The first kappa shape index (κ1) is 19.8. The number of aliphatic hydroxyl groups excluding tert-OH is 1. The van der Waals surface area contributed by atoms with Crippen LogP contribution in [-0.4, -0.2) is 59.0 Å². The van der Waals surface area contributed by atoms with Crippen molar-refractivity contribution in [2.45, 2.75) is 43.5 Å². The van der Waals surface area contributed by atoms with Crippen LogP contribution in [0.1, 0.15) is 32.0 Å². The third-order valence-electron chi connectivity index (χ3n) is 4.90. The Kier molecular flexibility index (Phi) is 5.83. The summed E-state index contributed by atoms with van der Waals surface area (Å²) in [6.07, 6.45) is 2.47. The summed E-state index contributed by atoms with van der Waals surface area (Å²) in [5.41, 5.74) is 1.44. The van der Waals surface area contributed by atoms with E-state index in [0.29, 0.717) is 30.9 Å². The van der Waals surface area contributed by atoms with Gasteiger partial charge < -0.3 is 15.0 Å². The van der Waals surface area contributed by atoms with Crippen LogP contribution in [0.5, 0.6) is 0 Å². The number of nitrogens with one attached hydrogen (secondary N) is 1. The van der Waals surface area contributed by atoms with Gasteiger partial charge in [0.2, 0.25) is 15.9 Å². The number of fused-ring (bicyclic) bond motifs is 1. The number of imidazole rings is 1. The first-order valence-electron chi connectivity index (χ1n) is 9.18. The normalized spacial score (nSPS) is 16.7. The van der Waals surface area contributed by atoms with Crippen molar-refractivity contribution in [3.05, 3.63) is 24.0 Å². The third kappa shape index (κ3) is 4.15. The molecule has 1 aliphatic rings. The lowest BCUT2D eigenvalue weighted by Crippen LogP contribution is -2.35. The van der Waals surface area contributed by atoms with Gasteiger partial charge in [0, 0.05) is 39.0 Å². The Morgan fingerprint density at radius 2 is 2.04 bits per heavy atom. The maximum atomic E-state index is 12.7. The highest BCUT2D eigenvalue weighted by Crippen LogP contribution is 2.25. The molecule has 1 saturated heterocycles. The van der Waals surface area contributed by atoms with E-state index >= 15 is 0 Å². The second kappa shape index (κ2) is 7.95. The quantitative estimate of drug-likeness (QED) is 0.722. The van der Waals surface area contributed by atoms with Gasteiger partial charge in [-0.2, -0.15) is 4.31 Å². The Morgan fingerprint density at radius 3 is 2.70 bits per heavy atom. The Labute approximate surface area is 159 Å². The van der Waals surface area contributed by atoms with Crippen LogP contribution in [0.25, 0.3) is 11.0 Å². The summed E-state index contributed by atoms with van der Waals surface area (Å²) in [4.78, 5) is 16.7. The van der Waals surface area contributed by atoms with Gasteiger partial charge in [-0.1, -0.05) is 0 Å². The average molecular weight is 394 g/mol. The SMILES string of the molecule is C[C@@H](CO)NC(=O)CCc1nc2cc(S(=O)(=O)N3CCCC3)ccc2n1C. The van der Waals surface area contributed by atoms with Gasteiger partial charge in [-0.25, -0.2) is 13.4 Å². The monoisotopic (exact) mass is 394 g/mol. The molecule has 1 fully saturated rings. The molecule has 0 bridgehead atoms. The van der Waals surface area contributed by atoms with Crippen LogP contribution in [0.3, 0.4) is 0 Å². The van der Waals surface area contributed by atoms with Crippen LogP contribution < -0.4 is 5.32 Å². The van der Waals surface area contributed by atoms with Gasteiger partial charge in [0.05, 0.1) is 22.5 Å². The fraction of sp³-hybridized carbons (Fsp3) is 0.556. The van der Waals surface area contributed by atoms with Crippen molar-refractivity contribution in [2.75, 3.05) is 19.7 Å². The second-order valence-corrected chi connectivity index (χ2v) is 8.94. The van der Waals surface area contributed by atoms with Gasteiger partial charge in [-0.3, -0.25) is 4.79 Å². The van der Waals surface area contributed by atoms with Crippen LogP contribution in [-0.2, 0) is 28.3 Å². The van der Waals surface area contributed by atoms with Crippen LogP contribution in [0.15, 0.2) is 23.1 Å². The minimum atomic E-state index is -3.48. The smallest absolute Gasteiger partial charge is 0.243 e. The zero-order chi connectivity index (χ0) is 19.6. The molecule has 1 atom stereocenters. The van der Waals surface area contributed by atoms with Crippen LogP contribution in [0.2, 0.25) is 0 Å². The van der Waals surface area contributed by atoms with Crippen molar-refractivity contribution in [3.8, 4) is 0 Å². The molecule has 1 amide bonds. The highest BCUT2D eigenvalue weighted by molar-refractivity contribution is 7.89. The Hall–Kier alpha value is -1.97. The summed E-state index contributed by atoms with van der Waals surface area (Å²) < 4.78 is 28.9. The summed E-state index contributed by atoms with van der Waals surface area (Å²) in [7, 11) is -1.62. The number of amides is 1. The van der Waals surface area contributed by atoms with Gasteiger partial charge in [0.25, 0.3) is 0 Å². The molecule has 8 nitrogen and oxygen atoms in total. The van der Waals surface area contributed by atoms with Crippen LogP contribution >= 0.6 is 0 Å². The molecular weight excluding hydrogens is 368 g/mol. The first-order valence-corrected chi connectivity index (χ1v) is 10.6. The summed E-state index contributed by atoms with van der Waals surface area (Å²) in [6.45, 7) is 2.76. The van der Waals surface area contributed by atoms with Gasteiger partial charge in [0.15, 0.2) is 0 Å². The van der Waals surface area contributed by atoms with E-state index in [1.165, 1.54) is 4.31 Å². The minimum Gasteiger partial charge on any atom is -0.394 e. The highest BCUT2D eigenvalue weighted by atomic mass is 32.2. The number of benzene rings is 1. The van der Waals surface area contributed by atoms with Crippen molar-refractivity contribution >= 4 is 27.0 Å². The predicted molar refractivity (Wildman–Crippen MR) is 102 cm³/mol. The molecule has 2 heterocycles. The molecule has 1 aliphatic heterocycles. The van der Waals surface area contributed by atoms with E-state index in [-0.39, 0.29) is 29.9 Å². The van der Waals surface area contributed by atoms with Gasteiger partial charge >= 0.3 is 0 Å². The molecule has 1 aromatic heterocycles. The van der Waals surface area contributed by atoms with E-state index in [2.05, 4.69) is 10.3 Å². The fourth-order valence-electron chi connectivity index (χ4n) is 3.31. The molecule has 0 spiro atoms. The fourth-order valence-corrected chi connectivity index (χ4v) is 4.85. The lowest BCUT2D eigenvalue weighted by atomic mass is 10.2. The Morgan fingerprint density at radius 1 is 1.33 bits per heavy atom. The second-order valence-electron chi connectivity index (χ2n) is 7.00. The molecule has 3 rings (SSSR count). The Balaban J connectivity index is 1.79. The Bertz CT molecular complexity index is 932. The molecule has 27 heavy (non-hydrogen) atoms. The number of aliphatic hydroxyl groups is 1. The molecular formula is C18H26N4O4S. The number of carbonyl (C=O) groups excluding carboxylic acids is 1. The summed E-state index contributed by atoms with van der Waals surface area (Å²) in [5, 5.41) is 11.7. The van der Waals surface area contributed by atoms with Crippen molar-refractivity contribution in [1.29, 1.82) is 0 Å². The lowest BCUT2D eigenvalue weighted by Gasteiger charge is -2.15. The largest absolute Gasteiger partial charge is 0.394 e. The van der Waals surface area contributed by atoms with E-state index in [0.717, 1.165) is 18.4 Å². The number of sulfonamides is 1. The molecule has 0 saturated carbocycles. The summed E-state index contributed by atoms with van der Waals surface area (Å²) in [6, 6.07) is 4.72. The van der Waals surface area contributed by atoms with Crippen molar-refractivity contribution in [3.63, 3.8) is 0 Å². The van der Waals surface area contributed by atoms with Gasteiger partial charge in [-0.15, -0.1) is 0 Å². The molecule has 148 valence electrons. The van der Waals surface area contributed by atoms with Crippen molar-refractivity contribution < 1.29 is 18.3 Å². The number of hydrogen-bond acceptors (Lipinski definition) is 5. The molecule has 0 aliphatic carbocycles. The number of nitrogens with zero attached hydrogens (tertiary/aromatic N) is 3. The van der Waals surface area contributed by atoms with E-state index < -0.39 is 10.0 Å². The topological polar surface area (TPSA) is 105 Å². The molecule has 1 aromatic carbocycles. The van der Waals surface area contributed by atoms with E-state index in [1.807, 2.05) is 11.6 Å². The number of aromatic nitrogens is 2. The zero-order valence-electron chi connectivity index (χ0n) is 15.7. The number of aryl methyl sites for hydroxylation is 2. The van der Waals surface area contributed by atoms with Gasteiger partial charge in [-0.05, 0) is 38.0 Å². The summed E-state index contributed by atoms with van der Waals surface area (Å²) >= 11 is 0. The molecule has 9 heteroatoms. The van der Waals surface area contributed by atoms with Gasteiger partial charge in [0.1, 0.15) is 5.82 Å².